The molecule has 3 aromatic rings. The van der Waals surface area contributed by atoms with Gasteiger partial charge in [-0.3, -0.25) is 4.79 Å². The lowest BCUT2D eigenvalue weighted by Gasteiger charge is -2.18. The van der Waals surface area contributed by atoms with Crippen molar-refractivity contribution in [1.29, 1.82) is 0 Å². The number of rotatable bonds is 5. The predicted octanol–water partition coefficient (Wildman–Crippen LogP) is 4.47. The van der Waals surface area contributed by atoms with E-state index in [1.165, 1.54) is 18.5 Å². The Morgan fingerprint density at radius 1 is 1.09 bits per heavy atom. The smallest absolute Gasteiger partial charge is 0.319 e. The molecule has 3 amide bonds. The number of nitrogens with one attached hydrogen (secondary N) is 3. The van der Waals surface area contributed by atoms with Gasteiger partial charge in [-0.15, -0.1) is 0 Å². The Bertz CT molecular complexity index is 1170. The van der Waals surface area contributed by atoms with Gasteiger partial charge in [0.2, 0.25) is 0 Å². The molecular formula is C23H27FN6O2. The monoisotopic (exact) mass is 438 g/mol. The van der Waals surface area contributed by atoms with E-state index in [0.717, 1.165) is 6.42 Å². The number of fused-ring (bicyclic) bond motifs is 1. The summed E-state index contributed by atoms with van der Waals surface area (Å²) >= 11 is 0. The van der Waals surface area contributed by atoms with Gasteiger partial charge in [0.15, 0.2) is 0 Å². The molecule has 1 heterocycles. The Balaban J connectivity index is 1.78. The van der Waals surface area contributed by atoms with Gasteiger partial charge in [-0.25, -0.2) is 19.2 Å². The van der Waals surface area contributed by atoms with Crippen LogP contribution in [0.2, 0.25) is 0 Å². The quantitative estimate of drug-likeness (QED) is 0.468. The summed E-state index contributed by atoms with van der Waals surface area (Å²) in [6, 6.07) is 7.15. The number of anilines is 3. The van der Waals surface area contributed by atoms with Crippen LogP contribution < -0.4 is 21.7 Å². The summed E-state index contributed by atoms with van der Waals surface area (Å²) in [5, 5.41) is 8.54. The standard InChI is InChI=1S/C23H27FN6O2/c1-13-10-16(24)18(30-22(32)26-9-8-23(2,3)4)11-17(13)29-21(31)15-7-5-6-14-19(15)27-12-28-20(14)25/h5-7,10-12H,8-9H2,1-4H3,(H,29,31)(H2,25,27,28)(H2,26,30,32). The molecule has 3 rings (SSSR count). The molecule has 9 heteroatoms. The van der Waals surface area contributed by atoms with Gasteiger partial charge in [0.25, 0.3) is 5.91 Å². The fourth-order valence-corrected chi connectivity index (χ4v) is 3.10. The second kappa shape index (κ2) is 9.17. The maximum absolute atomic E-state index is 14.4. The summed E-state index contributed by atoms with van der Waals surface area (Å²) in [6.07, 6.45) is 2.06. The van der Waals surface area contributed by atoms with Crippen LogP contribution in [0.5, 0.6) is 0 Å². The SMILES string of the molecule is Cc1cc(F)c(NC(=O)NCCC(C)(C)C)cc1NC(=O)c1cccc2c(N)ncnc12. The number of halogens is 1. The Hall–Kier alpha value is -3.75. The van der Waals surface area contributed by atoms with Crippen molar-refractivity contribution in [3.05, 3.63) is 53.6 Å². The molecule has 0 aliphatic heterocycles. The predicted molar refractivity (Wildman–Crippen MR) is 124 cm³/mol. The van der Waals surface area contributed by atoms with Crippen LogP contribution in [0, 0.1) is 18.2 Å². The first-order valence-corrected chi connectivity index (χ1v) is 10.2. The highest BCUT2D eigenvalue weighted by Crippen LogP contribution is 2.26. The topological polar surface area (TPSA) is 122 Å². The Morgan fingerprint density at radius 2 is 1.84 bits per heavy atom. The van der Waals surface area contributed by atoms with Crippen molar-refractivity contribution in [2.45, 2.75) is 34.1 Å². The van der Waals surface area contributed by atoms with E-state index in [1.54, 1.807) is 25.1 Å². The summed E-state index contributed by atoms with van der Waals surface area (Å²) in [5.41, 5.74) is 7.48. The first kappa shape index (κ1) is 22.9. The maximum Gasteiger partial charge on any atom is 0.319 e. The van der Waals surface area contributed by atoms with E-state index in [1.807, 2.05) is 0 Å². The fourth-order valence-electron chi connectivity index (χ4n) is 3.10. The highest BCUT2D eigenvalue weighted by Gasteiger charge is 2.17. The molecule has 0 saturated heterocycles. The summed E-state index contributed by atoms with van der Waals surface area (Å²) in [6.45, 7) is 8.32. The number of urea groups is 1. The second-order valence-electron chi connectivity index (χ2n) is 8.75. The molecule has 2 aromatic carbocycles. The number of hydrogen-bond acceptors (Lipinski definition) is 5. The van der Waals surface area contributed by atoms with Crippen molar-refractivity contribution in [1.82, 2.24) is 15.3 Å². The number of carbonyl (C=O) groups excluding carboxylic acids is 2. The van der Waals surface area contributed by atoms with Gasteiger partial charge in [0.05, 0.1) is 16.8 Å². The Kier molecular flexibility index (Phi) is 6.57. The molecule has 1 aromatic heterocycles. The van der Waals surface area contributed by atoms with Crippen molar-refractivity contribution < 1.29 is 14.0 Å². The molecule has 0 aliphatic carbocycles. The maximum atomic E-state index is 14.4. The van der Waals surface area contributed by atoms with Gasteiger partial charge in [0.1, 0.15) is 18.0 Å². The molecule has 0 bridgehead atoms. The van der Waals surface area contributed by atoms with E-state index in [-0.39, 0.29) is 16.9 Å². The minimum Gasteiger partial charge on any atom is -0.383 e. The van der Waals surface area contributed by atoms with E-state index in [9.17, 15) is 14.0 Å². The van der Waals surface area contributed by atoms with E-state index < -0.39 is 17.8 Å². The summed E-state index contributed by atoms with van der Waals surface area (Å²) in [5.74, 6) is -0.771. The number of nitrogens with two attached hydrogens (primary N) is 1. The normalized spacial score (nSPS) is 11.3. The number of amides is 3. The molecule has 0 atom stereocenters. The number of aryl methyl sites for hydroxylation is 1. The Labute approximate surface area is 185 Å². The van der Waals surface area contributed by atoms with Crippen LogP contribution >= 0.6 is 0 Å². The van der Waals surface area contributed by atoms with E-state index >= 15 is 0 Å². The zero-order chi connectivity index (χ0) is 23.5. The minimum absolute atomic E-state index is 0.0383. The first-order chi connectivity index (χ1) is 15.0. The van der Waals surface area contributed by atoms with E-state index in [2.05, 4.69) is 46.7 Å². The van der Waals surface area contributed by atoms with Crippen LogP contribution in [0.15, 0.2) is 36.7 Å². The van der Waals surface area contributed by atoms with Gasteiger partial charge in [-0.1, -0.05) is 26.8 Å². The Morgan fingerprint density at radius 3 is 2.56 bits per heavy atom. The number of hydrogen-bond donors (Lipinski definition) is 4. The van der Waals surface area contributed by atoms with Gasteiger partial charge in [-0.05, 0) is 48.6 Å². The van der Waals surface area contributed by atoms with Crippen molar-refractivity contribution in [3.8, 4) is 0 Å². The summed E-state index contributed by atoms with van der Waals surface area (Å²) in [4.78, 5) is 33.2. The lowest BCUT2D eigenvalue weighted by atomic mass is 9.92. The largest absolute Gasteiger partial charge is 0.383 e. The molecule has 32 heavy (non-hydrogen) atoms. The van der Waals surface area contributed by atoms with Crippen LogP contribution in [0.3, 0.4) is 0 Å². The van der Waals surface area contributed by atoms with Crippen molar-refractivity contribution in [2.24, 2.45) is 5.41 Å². The number of nitrogens with zero attached hydrogens (tertiary/aromatic N) is 2. The molecule has 8 nitrogen and oxygen atoms in total. The minimum atomic E-state index is -0.600. The second-order valence-corrected chi connectivity index (χ2v) is 8.75. The van der Waals surface area contributed by atoms with Gasteiger partial charge in [0, 0.05) is 17.6 Å². The molecule has 168 valence electrons. The van der Waals surface area contributed by atoms with Gasteiger partial charge >= 0.3 is 6.03 Å². The summed E-state index contributed by atoms with van der Waals surface area (Å²) < 4.78 is 14.4. The number of aromatic nitrogens is 2. The zero-order valence-corrected chi connectivity index (χ0v) is 18.5. The molecule has 0 aliphatic rings. The zero-order valence-electron chi connectivity index (χ0n) is 18.5. The fraction of sp³-hybridized carbons (Fsp3) is 0.304. The van der Waals surface area contributed by atoms with Crippen LogP contribution in [0.25, 0.3) is 10.9 Å². The third-order valence-corrected chi connectivity index (χ3v) is 4.91. The first-order valence-electron chi connectivity index (χ1n) is 10.2. The molecule has 0 fully saturated rings. The highest BCUT2D eigenvalue weighted by molar-refractivity contribution is 6.13. The summed E-state index contributed by atoms with van der Waals surface area (Å²) in [7, 11) is 0. The molecule has 0 unspecified atom stereocenters. The third kappa shape index (κ3) is 5.48. The van der Waals surface area contributed by atoms with Crippen LogP contribution in [-0.4, -0.2) is 28.5 Å². The lowest BCUT2D eigenvalue weighted by molar-refractivity contribution is 0.102. The number of para-hydroxylation sites is 1. The molecule has 0 radical (unpaired) electrons. The average Bonchev–Trinajstić information content (AvgIpc) is 2.70. The molecule has 0 saturated carbocycles. The number of nitrogen functional groups attached to an aromatic ring is 1. The highest BCUT2D eigenvalue weighted by atomic mass is 19.1. The van der Waals surface area contributed by atoms with Crippen molar-refractivity contribution in [3.63, 3.8) is 0 Å². The van der Waals surface area contributed by atoms with E-state index in [0.29, 0.717) is 34.3 Å². The van der Waals surface area contributed by atoms with Crippen LogP contribution in [-0.2, 0) is 0 Å². The van der Waals surface area contributed by atoms with Gasteiger partial charge in [-0.2, -0.15) is 0 Å². The average molecular weight is 439 g/mol. The number of benzene rings is 2. The molecular weight excluding hydrogens is 411 g/mol. The molecule has 0 spiro atoms. The van der Waals surface area contributed by atoms with Crippen molar-refractivity contribution >= 4 is 40.0 Å². The van der Waals surface area contributed by atoms with Crippen molar-refractivity contribution in [2.75, 3.05) is 22.9 Å². The molecule has 5 N–H and O–H groups in total. The third-order valence-electron chi connectivity index (χ3n) is 4.91. The lowest BCUT2D eigenvalue weighted by Crippen LogP contribution is -2.31. The van der Waals surface area contributed by atoms with E-state index in [4.69, 9.17) is 5.73 Å². The van der Waals surface area contributed by atoms with Gasteiger partial charge < -0.3 is 21.7 Å². The van der Waals surface area contributed by atoms with Crippen LogP contribution in [0.1, 0.15) is 43.1 Å². The van der Waals surface area contributed by atoms with Crippen LogP contribution in [0.4, 0.5) is 26.4 Å². The number of carbonyl (C=O) groups is 2.